The van der Waals surface area contributed by atoms with Crippen molar-refractivity contribution < 1.29 is 10.0 Å². The van der Waals surface area contributed by atoms with Crippen molar-refractivity contribution in [2.45, 2.75) is 12.5 Å². The lowest BCUT2D eigenvalue weighted by Gasteiger charge is -2.02. The minimum absolute atomic E-state index is 0.00167. The first-order valence-electron chi connectivity index (χ1n) is 6.11. The van der Waals surface area contributed by atoms with Crippen LogP contribution in [0, 0.1) is 22.0 Å². The average Bonchev–Trinajstić information content (AvgIpc) is 2.48. The predicted molar refractivity (Wildman–Crippen MR) is 76.0 cm³/mol. The zero-order valence-corrected chi connectivity index (χ0v) is 10.7. The smallest absolute Gasteiger partial charge is 0.269 e. The highest BCUT2D eigenvalue weighted by molar-refractivity contribution is 5.36. The number of non-ortho nitro benzene ring substituents is 1. The lowest BCUT2D eigenvalue weighted by Crippen LogP contribution is -1.95. The first-order chi connectivity index (χ1) is 9.66. The maximum absolute atomic E-state index is 10.5. The van der Waals surface area contributed by atoms with Crippen molar-refractivity contribution >= 4 is 5.69 Å². The second-order valence-corrected chi connectivity index (χ2v) is 4.23. The Labute approximate surface area is 116 Å². The summed E-state index contributed by atoms with van der Waals surface area (Å²) in [6.45, 7) is 0. The molecule has 0 saturated heterocycles. The largest absolute Gasteiger partial charge is 0.376 e. The molecule has 1 atom stereocenters. The summed E-state index contributed by atoms with van der Waals surface area (Å²) in [5.74, 6) is 5.64. The van der Waals surface area contributed by atoms with Crippen molar-refractivity contribution in [3.05, 3.63) is 75.8 Å². The monoisotopic (exact) mass is 267 g/mol. The second-order valence-electron chi connectivity index (χ2n) is 4.23. The summed E-state index contributed by atoms with van der Waals surface area (Å²) in [6, 6.07) is 15.5. The Morgan fingerprint density at radius 2 is 1.75 bits per heavy atom. The molecule has 0 aromatic heterocycles. The van der Waals surface area contributed by atoms with Crippen LogP contribution in [0.1, 0.15) is 17.2 Å². The first kappa shape index (κ1) is 13.8. The lowest BCUT2D eigenvalue weighted by atomic mass is 10.1. The number of benzene rings is 2. The van der Waals surface area contributed by atoms with E-state index in [-0.39, 0.29) is 5.69 Å². The van der Waals surface area contributed by atoms with Crippen LogP contribution in [-0.2, 0) is 6.42 Å². The van der Waals surface area contributed by atoms with Crippen LogP contribution in [0.25, 0.3) is 0 Å². The molecule has 4 heteroatoms. The lowest BCUT2D eigenvalue weighted by molar-refractivity contribution is -0.384. The van der Waals surface area contributed by atoms with Crippen molar-refractivity contribution in [1.82, 2.24) is 0 Å². The highest BCUT2D eigenvalue weighted by atomic mass is 16.6. The summed E-state index contributed by atoms with van der Waals surface area (Å²) in [5, 5.41) is 20.4. The summed E-state index contributed by atoms with van der Waals surface area (Å²) < 4.78 is 0. The van der Waals surface area contributed by atoms with Crippen LogP contribution in [0.3, 0.4) is 0 Å². The van der Waals surface area contributed by atoms with Crippen LogP contribution in [-0.4, -0.2) is 10.0 Å². The third-order valence-electron chi connectivity index (χ3n) is 2.79. The molecule has 0 amide bonds. The molecule has 2 aromatic rings. The number of hydrogen-bond donors (Lipinski definition) is 1. The Kier molecular flexibility index (Phi) is 4.48. The molecule has 0 radical (unpaired) electrons. The summed E-state index contributed by atoms with van der Waals surface area (Å²) >= 11 is 0. The van der Waals surface area contributed by atoms with Gasteiger partial charge in [0, 0.05) is 18.6 Å². The SMILES string of the molecule is O=[N+]([O-])c1ccc(C(O)C#CCc2ccccc2)cc1. The summed E-state index contributed by atoms with van der Waals surface area (Å²) in [7, 11) is 0. The highest BCUT2D eigenvalue weighted by Gasteiger charge is 2.07. The van der Waals surface area contributed by atoms with Gasteiger partial charge in [0.25, 0.3) is 5.69 Å². The van der Waals surface area contributed by atoms with Gasteiger partial charge in [-0.15, -0.1) is 0 Å². The van der Waals surface area contributed by atoms with Crippen LogP contribution in [0.2, 0.25) is 0 Å². The molecule has 0 spiro atoms. The summed E-state index contributed by atoms with van der Waals surface area (Å²) in [5.41, 5.74) is 1.63. The third-order valence-corrected chi connectivity index (χ3v) is 2.79. The van der Waals surface area contributed by atoms with E-state index in [9.17, 15) is 15.2 Å². The number of aliphatic hydroxyl groups is 1. The van der Waals surface area contributed by atoms with E-state index in [0.717, 1.165) is 5.56 Å². The minimum atomic E-state index is -0.931. The Morgan fingerprint density at radius 3 is 2.35 bits per heavy atom. The van der Waals surface area contributed by atoms with Gasteiger partial charge in [-0.2, -0.15) is 0 Å². The maximum Gasteiger partial charge on any atom is 0.269 e. The fourth-order valence-electron chi connectivity index (χ4n) is 1.71. The van der Waals surface area contributed by atoms with Crippen LogP contribution in [0.15, 0.2) is 54.6 Å². The van der Waals surface area contributed by atoms with Crippen LogP contribution in [0.4, 0.5) is 5.69 Å². The van der Waals surface area contributed by atoms with Gasteiger partial charge in [-0.3, -0.25) is 10.1 Å². The predicted octanol–water partition coefficient (Wildman–Crippen LogP) is 2.87. The van der Waals surface area contributed by atoms with Gasteiger partial charge in [-0.25, -0.2) is 0 Å². The Bertz CT molecular complexity index is 639. The molecular formula is C16H13NO3. The van der Waals surface area contributed by atoms with E-state index in [4.69, 9.17) is 0 Å². The van der Waals surface area contributed by atoms with E-state index in [1.807, 2.05) is 30.3 Å². The van der Waals surface area contributed by atoms with Crippen molar-refractivity contribution in [3.63, 3.8) is 0 Å². The van der Waals surface area contributed by atoms with E-state index in [1.54, 1.807) is 0 Å². The number of hydrogen-bond acceptors (Lipinski definition) is 3. The summed E-state index contributed by atoms with van der Waals surface area (Å²) in [6.07, 6.45) is -0.371. The van der Waals surface area contributed by atoms with Crippen LogP contribution >= 0.6 is 0 Å². The maximum atomic E-state index is 10.5. The van der Waals surface area contributed by atoms with E-state index in [1.165, 1.54) is 24.3 Å². The minimum Gasteiger partial charge on any atom is -0.376 e. The number of rotatable bonds is 3. The van der Waals surface area contributed by atoms with Crippen LogP contribution in [0.5, 0.6) is 0 Å². The molecule has 2 aromatic carbocycles. The molecule has 0 aliphatic heterocycles. The van der Waals surface area contributed by atoms with Gasteiger partial charge < -0.3 is 5.11 Å². The van der Waals surface area contributed by atoms with Gasteiger partial charge in [0.15, 0.2) is 0 Å². The molecule has 0 saturated carbocycles. The van der Waals surface area contributed by atoms with E-state index >= 15 is 0 Å². The first-order valence-corrected chi connectivity index (χ1v) is 6.11. The zero-order valence-electron chi connectivity index (χ0n) is 10.7. The van der Waals surface area contributed by atoms with Crippen molar-refractivity contribution in [2.24, 2.45) is 0 Å². The molecule has 1 unspecified atom stereocenters. The Hall–Kier alpha value is -2.64. The quantitative estimate of drug-likeness (QED) is 0.528. The van der Waals surface area contributed by atoms with Gasteiger partial charge in [-0.05, 0) is 23.3 Å². The van der Waals surface area contributed by atoms with Gasteiger partial charge in [-0.1, -0.05) is 42.2 Å². The molecule has 0 heterocycles. The Morgan fingerprint density at radius 1 is 1.10 bits per heavy atom. The molecule has 2 rings (SSSR count). The van der Waals surface area contributed by atoms with Crippen molar-refractivity contribution in [2.75, 3.05) is 0 Å². The average molecular weight is 267 g/mol. The molecule has 100 valence electrons. The number of nitro groups is 1. The molecule has 4 nitrogen and oxygen atoms in total. The molecule has 0 bridgehead atoms. The van der Waals surface area contributed by atoms with E-state index in [0.29, 0.717) is 12.0 Å². The number of nitrogens with zero attached hydrogens (tertiary/aromatic N) is 1. The normalized spacial score (nSPS) is 11.2. The van der Waals surface area contributed by atoms with Crippen molar-refractivity contribution in [3.8, 4) is 11.8 Å². The molecule has 0 aliphatic rings. The molecule has 0 fully saturated rings. The number of nitro benzene ring substituents is 1. The molecular weight excluding hydrogens is 254 g/mol. The topological polar surface area (TPSA) is 63.4 Å². The number of aliphatic hydroxyl groups excluding tert-OH is 1. The van der Waals surface area contributed by atoms with Gasteiger partial charge in [0.05, 0.1) is 4.92 Å². The van der Waals surface area contributed by atoms with Gasteiger partial charge in [0.1, 0.15) is 6.10 Å². The summed E-state index contributed by atoms with van der Waals surface area (Å²) in [4.78, 5) is 10.1. The Balaban J connectivity index is 2.01. The standard InChI is InChI=1S/C16H13NO3/c18-16(8-4-7-13-5-2-1-3-6-13)14-9-11-15(12-10-14)17(19)20/h1-3,5-6,9-12,16,18H,7H2. The molecule has 20 heavy (non-hydrogen) atoms. The highest BCUT2D eigenvalue weighted by Crippen LogP contribution is 2.17. The molecule has 0 aliphatic carbocycles. The van der Waals surface area contributed by atoms with Gasteiger partial charge in [0.2, 0.25) is 0 Å². The fraction of sp³-hybridized carbons (Fsp3) is 0.125. The van der Waals surface area contributed by atoms with Crippen molar-refractivity contribution in [1.29, 1.82) is 0 Å². The molecule has 1 N–H and O–H groups in total. The third kappa shape index (κ3) is 3.67. The van der Waals surface area contributed by atoms with Gasteiger partial charge >= 0.3 is 0 Å². The second kappa shape index (κ2) is 6.50. The fourth-order valence-corrected chi connectivity index (χ4v) is 1.71. The van der Waals surface area contributed by atoms with E-state index in [2.05, 4.69) is 11.8 Å². The van der Waals surface area contributed by atoms with E-state index < -0.39 is 11.0 Å². The van der Waals surface area contributed by atoms with Crippen LogP contribution < -0.4 is 0 Å². The zero-order chi connectivity index (χ0) is 14.4.